The predicted octanol–water partition coefficient (Wildman–Crippen LogP) is 0.595. The van der Waals surface area contributed by atoms with Crippen LogP contribution in [-0.2, 0) is 4.79 Å². The van der Waals surface area contributed by atoms with E-state index in [4.69, 9.17) is 0 Å². The zero-order valence-corrected chi connectivity index (χ0v) is 5.92. The first kappa shape index (κ1) is 8.37. The highest BCUT2D eigenvalue weighted by Crippen LogP contribution is 1.98. The molecule has 0 aliphatic rings. The van der Waals surface area contributed by atoms with Crippen molar-refractivity contribution >= 4 is 6.29 Å². The summed E-state index contributed by atoms with van der Waals surface area (Å²) >= 11 is 0. The maximum Gasteiger partial charge on any atom is 0.128 e. The predicted molar refractivity (Wildman–Crippen MR) is 38.3 cm³/mol. The molecule has 2 heteroatoms. The summed E-state index contributed by atoms with van der Waals surface area (Å²) in [6.45, 7) is 5.47. The van der Waals surface area contributed by atoms with Gasteiger partial charge in [-0.2, -0.15) is 0 Å². The van der Waals surface area contributed by atoms with Crippen LogP contribution in [0.1, 0.15) is 6.92 Å². The second kappa shape index (κ2) is 4.27. The Morgan fingerprint density at radius 3 is 2.33 bits per heavy atom. The van der Waals surface area contributed by atoms with E-state index in [2.05, 4.69) is 11.9 Å². The average Bonchev–Trinajstić information content (AvgIpc) is 1.90. The molecule has 0 aromatic carbocycles. The van der Waals surface area contributed by atoms with E-state index in [1.165, 1.54) is 0 Å². The van der Waals surface area contributed by atoms with E-state index in [0.29, 0.717) is 0 Å². The topological polar surface area (TPSA) is 29.1 Å². The third-order valence-corrected chi connectivity index (χ3v) is 1.46. The minimum absolute atomic E-state index is 0.0602. The third-order valence-electron chi connectivity index (χ3n) is 1.46. The van der Waals surface area contributed by atoms with Gasteiger partial charge >= 0.3 is 0 Å². The van der Waals surface area contributed by atoms with E-state index in [-0.39, 0.29) is 12.0 Å². The molecule has 0 spiro atoms. The molecular weight excluding hydrogens is 114 g/mol. The van der Waals surface area contributed by atoms with E-state index >= 15 is 0 Å². The van der Waals surface area contributed by atoms with Crippen LogP contribution in [0.4, 0.5) is 0 Å². The summed E-state index contributed by atoms with van der Waals surface area (Å²) < 4.78 is 0. The first-order valence-corrected chi connectivity index (χ1v) is 3.01. The molecule has 2 nitrogen and oxygen atoms in total. The van der Waals surface area contributed by atoms with Gasteiger partial charge in [-0.3, -0.25) is 0 Å². The third kappa shape index (κ3) is 2.42. The number of aldehydes is 1. The van der Waals surface area contributed by atoms with Crippen molar-refractivity contribution in [2.24, 2.45) is 5.92 Å². The molecule has 0 amide bonds. The highest BCUT2D eigenvalue weighted by Gasteiger charge is 2.08. The SMILES string of the molecule is C=C[C@@H](C=O)C(C)NC. The standard InChI is InChI=1S/C7H13NO/c1-4-7(5-9)6(2)8-3/h4-8H,1H2,2-3H3/t6?,7-/m0/s1. The monoisotopic (exact) mass is 127 g/mol. The van der Waals surface area contributed by atoms with E-state index in [0.717, 1.165) is 6.29 Å². The molecule has 0 aromatic rings. The molecule has 52 valence electrons. The minimum Gasteiger partial charge on any atom is -0.316 e. The van der Waals surface area contributed by atoms with Gasteiger partial charge in [0.05, 0.1) is 0 Å². The van der Waals surface area contributed by atoms with E-state index in [1.54, 1.807) is 6.08 Å². The van der Waals surface area contributed by atoms with Crippen LogP contribution in [0.25, 0.3) is 0 Å². The fourth-order valence-corrected chi connectivity index (χ4v) is 0.570. The first-order valence-electron chi connectivity index (χ1n) is 3.01. The van der Waals surface area contributed by atoms with Crippen LogP contribution in [-0.4, -0.2) is 19.4 Å². The highest BCUT2D eigenvalue weighted by molar-refractivity contribution is 5.57. The van der Waals surface area contributed by atoms with Gasteiger partial charge in [-0.05, 0) is 14.0 Å². The van der Waals surface area contributed by atoms with Crippen LogP contribution in [0.2, 0.25) is 0 Å². The summed E-state index contributed by atoms with van der Waals surface area (Å²) in [5.74, 6) is -0.0602. The van der Waals surface area contributed by atoms with Crippen molar-refractivity contribution in [2.75, 3.05) is 7.05 Å². The molecule has 0 aromatic heterocycles. The van der Waals surface area contributed by atoms with E-state index in [1.807, 2.05) is 14.0 Å². The number of hydrogen-bond donors (Lipinski definition) is 1. The fourth-order valence-electron chi connectivity index (χ4n) is 0.570. The molecule has 0 radical (unpaired) electrons. The maximum atomic E-state index is 10.2. The Morgan fingerprint density at radius 2 is 2.22 bits per heavy atom. The van der Waals surface area contributed by atoms with Crippen molar-refractivity contribution in [3.05, 3.63) is 12.7 Å². The lowest BCUT2D eigenvalue weighted by Gasteiger charge is -2.12. The van der Waals surface area contributed by atoms with Crippen LogP contribution in [0.5, 0.6) is 0 Å². The van der Waals surface area contributed by atoms with Gasteiger partial charge in [0.15, 0.2) is 0 Å². The molecular formula is C7H13NO. The molecule has 0 fully saturated rings. The van der Waals surface area contributed by atoms with Gasteiger partial charge in [-0.25, -0.2) is 0 Å². The fraction of sp³-hybridized carbons (Fsp3) is 0.571. The number of carbonyl (C=O) groups is 1. The molecule has 9 heavy (non-hydrogen) atoms. The first-order chi connectivity index (χ1) is 4.26. The molecule has 0 heterocycles. The Labute approximate surface area is 56.0 Å². The smallest absolute Gasteiger partial charge is 0.128 e. The Kier molecular flexibility index (Phi) is 3.97. The maximum absolute atomic E-state index is 10.2. The summed E-state index contributed by atoms with van der Waals surface area (Å²) in [6, 6.07) is 0.194. The summed E-state index contributed by atoms with van der Waals surface area (Å²) in [4.78, 5) is 10.2. The Hall–Kier alpha value is -0.630. The van der Waals surface area contributed by atoms with Crippen LogP contribution in [0.3, 0.4) is 0 Å². The van der Waals surface area contributed by atoms with Gasteiger partial charge in [0.1, 0.15) is 6.29 Å². The van der Waals surface area contributed by atoms with Gasteiger partial charge < -0.3 is 10.1 Å². The summed E-state index contributed by atoms with van der Waals surface area (Å²) in [5.41, 5.74) is 0. The second-order valence-electron chi connectivity index (χ2n) is 2.03. The summed E-state index contributed by atoms with van der Waals surface area (Å²) in [7, 11) is 1.82. The number of carbonyl (C=O) groups excluding carboxylic acids is 1. The molecule has 0 aliphatic carbocycles. The van der Waals surface area contributed by atoms with Crippen LogP contribution in [0, 0.1) is 5.92 Å². The Morgan fingerprint density at radius 1 is 1.67 bits per heavy atom. The van der Waals surface area contributed by atoms with Crippen molar-refractivity contribution < 1.29 is 4.79 Å². The number of rotatable bonds is 4. The Balaban J connectivity index is 3.77. The molecule has 1 unspecified atom stereocenters. The van der Waals surface area contributed by atoms with Crippen molar-refractivity contribution in [2.45, 2.75) is 13.0 Å². The van der Waals surface area contributed by atoms with Crippen molar-refractivity contribution in [3.8, 4) is 0 Å². The van der Waals surface area contributed by atoms with Crippen molar-refractivity contribution in [3.63, 3.8) is 0 Å². The van der Waals surface area contributed by atoms with E-state index < -0.39 is 0 Å². The van der Waals surface area contributed by atoms with Gasteiger partial charge in [0.25, 0.3) is 0 Å². The van der Waals surface area contributed by atoms with E-state index in [9.17, 15) is 4.79 Å². The highest BCUT2D eigenvalue weighted by atomic mass is 16.1. The second-order valence-corrected chi connectivity index (χ2v) is 2.03. The van der Waals surface area contributed by atoms with Gasteiger partial charge in [-0.1, -0.05) is 6.08 Å². The van der Waals surface area contributed by atoms with Crippen LogP contribution < -0.4 is 5.32 Å². The largest absolute Gasteiger partial charge is 0.316 e. The van der Waals surface area contributed by atoms with Crippen molar-refractivity contribution in [1.29, 1.82) is 0 Å². The number of hydrogen-bond acceptors (Lipinski definition) is 2. The van der Waals surface area contributed by atoms with Gasteiger partial charge in [-0.15, -0.1) is 6.58 Å². The molecule has 0 saturated heterocycles. The molecule has 2 atom stereocenters. The normalized spacial score (nSPS) is 16.2. The van der Waals surface area contributed by atoms with Crippen LogP contribution in [0.15, 0.2) is 12.7 Å². The number of nitrogens with one attached hydrogen (secondary N) is 1. The zero-order chi connectivity index (χ0) is 7.28. The van der Waals surface area contributed by atoms with Gasteiger partial charge in [0.2, 0.25) is 0 Å². The van der Waals surface area contributed by atoms with Crippen LogP contribution >= 0.6 is 0 Å². The lowest BCUT2D eigenvalue weighted by atomic mass is 10.0. The summed E-state index contributed by atoms with van der Waals surface area (Å²) in [6.07, 6.45) is 2.54. The van der Waals surface area contributed by atoms with Crippen molar-refractivity contribution in [1.82, 2.24) is 5.32 Å². The zero-order valence-electron chi connectivity index (χ0n) is 5.92. The molecule has 0 aliphatic heterocycles. The molecule has 1 N–H and O–H groups in total. The average molecular weight is 127 g/mol. The lowest BCUT2D eigenvalue weighted by Crippen LogP contribution is -2.29. The lowest BCUT2D eigenvalue weighted by molar-refractivity contribution is -0.110. The molecule has 0 bridgehead atoms. The Bertz CT molecular complexity index is 93.1. The molecule has 0 saturated carbocycles. The minimum atomic E-state index is -0.0602. The molecule has 0 rings (SSSR count). The summed E-state index contributed by atoms with van der Waals surface area (Å²) in [5, 5.41) is 2.96. The van der Waals surface area contributed by atoms with Gasteiger partial charge in [0, 0.05) is 12.0 Å². The quantitative estimate of drug-likeness (QED) is 0.442.